The first-order chi connectivity index (χ1) is 11.3. The van der Waals surface area contributed by atoms with E-state index in [9.17, 15) is 0 Å². The third kappa shape index (κ3) is 2.03. The number of hydrogen-bond donors (Lipinski definition) is 0. The number of allylic oxidation sites excluding steroid dienone is 2. The maximum atomic E-state index is 2.62. The van der Waals surface area contributed by atoms with Crippen LogP contribution in [0.1, 0.15) is 6.92 Å². The molecular weight excluding hydrogens is 297 g/mol. The average molecular weight is 319 g/mol. The number of nitrogens with zero attached hydrogens (tertiary/aromatic N) is 1. The maximum Gasteiger partial charge on any atom is 0.0366 e. The maximum absolute atomic E-state index is 2.62. The van der Waals surface area contributed by atoms with Crippen LogP contribution in [0.5, 0.6) is 0 Å². The van der Waals surface area contributed by atoms with Gasteiger partial charge in [0.15, 0.2) is 0 Å². The molecule has 1 nitrogen and oxygen atoms in total. The Labute approximate surface area is 139 Å². The predicted molar refractivity (Wildman–Crippen MR) is 100.0 cm³/mol. The summed E-state index contributed by atoms with van der Waals surface area (Å²) in [6.45, 7) is 4.86. The van der Waals surface area contributed by atoms with E-state index in [1.165, 1.54) is 18.8 Å². The Morgan fingerprint density at radius 1 is 0.870 bits per heavy atom. The quantitative estimate of drug-likeness (QED) is 0.590. The minimum atomic E-state index is -0.0313. The molecule has 0 N–H and O–H groups in total. The van der Waals surface area contributed by atoms with E-state index in [1.807, 2.05) is 0 Å². The summed E-state index contributed by atoms with van der Waals surface area (Å²) in [4.78, 5) is 2.62. The van der Waals surface area contributed by atoms with Gasteiger partial charge in [-0.05, 0) is 36.2 Å². The normalized spacial score (nSPS) is 34.6. The Morgan fingerprint density at radius 2 is 1.52 bits per heavy atom. The van der Waals surface area contributed by atoms with Crippen molar-refractivity contribution < 1.29 is 0 Å². The first-order valence-corrected chi connectivity index (χ1v) is 10.1. The molecule has 2 aromatic rings. The second-order valence-electron chi connectivity index (χ2n) is 7.16. The summed E-state index contributed by atoms with van der Waals surface area (Å²) >= 11 is 0. The monoisotopic (exact) mass is 319 g/mol. The fraction of sp³-hybridized carbons (Fsp3) is 0.333. The summed E-state index contributed by atoms with van der Waals surface area (Å²) in [6, 6.07) is 22.3. The van der Waals surface area contributed by atoms with Crippen molar-refractivity contribution in [3.63, 3.8) is 0 Å². The van der Waals surface area contributed by atoms with Gasteiger partial charge in [-0.1, -0.05) is 68.1 Å². The number of benzene rings is 2. The predicted octanol–water partition coefficient (Wildman–Crippen LogP) is 4.26. The van der Waals surface area contributed by atoms with Crippen LogP contribution in [0.3, 0.4) is 0 Å². The topological polar surface area (TPSA) is 3.24 Å². The summed E-state index contributed by atoms with van der Waals surface area (Å²) in [7, 11) is -0.0313. The fourth-order valence-electron chi connectivity index (χ4n) is 5.06. The molecule has 0 spiro atoms. The molecule has 3 aliphatic rings. The molecule has 0 amide bonds. The lowest BCUT2D eigenvalue weighted by Crippen LogP contribution is -2.25. The van der Waals surface area contributed by atoms with Crippen LogP contribution in [0, 0.1) is 11.8 Å². The molecule has 5 atom stereocenters. The molecule has 116 valence electrons. The molecule has 2 fully saturated rings. The zero-order chi connectivity index (χ0) is 15.4. The van der Waals surface area contributed by atoms with Crippen LogP contribution in [0.2, 0.25) is 0 Å². The molecule has 1 unspecified atom stereocenters. The van der Waals surface area contributed by atoms with Crippen molar-refractivity contribution in [1.82, 2.24) is 0 Å². The summed E-state index contributed by atoms with van der Waals surface area (Å²) in [6.07, 6.45) is 2.62. The van der Waals surface area contributed by atoms with Crippen LogP contribution in [-0.4, -0.2) is 24.4 Å². The van der Waals surface area contributed by atoms with Crippen molar-refractivity contribution in [1.29, 1.82) is 0 Å². The van der Waals surface area contributed by atoms with Crippen molar-refractivity contribution in [2.45, 2.75) is 18.2 Å². The molecule has 0 radical (unpaired) electrons. The highest BCUT2D eigenvalue weighted by Crippen LogP contribution is 2.68. The highest BCUT2D eigenvalue weighted by atomic mass is 31.1. The van der Waals surface area contributed by atoms with Crippen molar-refractivity contribution in [2.75, 3.05) is 18.0 Å². The van der Waals surface area contributed by atoms with E-state index in [1.54, 1.807) is 10.9 Å². The first kappa shape index (κ1) is 13.8. The van der Waals surface area contributed by atoms with Crippen molar-refractivity contribution in [2.24, 2.45) is 11.8 Å². The second-order valence-corrected chi connectivity index (χ2v) is 9.64. The van der Waals surface area contributed by atoms with E-state index < -0.39 is 0 Å². The van der Waals surface area contributed by atoms with Gasteiger partial charge in [0, 0.05) is 30.1 Å². The molecule has 0 aliphatic carbocycles. The lowest BCUT2D eigenvalue weighted by atomic mass is 9.83. The lowest BCUT2D eigenvalue weighted by molar-refractivity contribution is 0.447. The Hall–Kier alpha value is -1.59. The van der Waals surface area contributed by atoms with Crippen LogP contribution in [0.15, 0.2) is 72.3 Å². The minimum Gasteiger partial charge on any atom is -0.371 e. The number of fused-ring (bicyclic) bond motifs is 5. The Bertz CT molecular complexity index is 739. The van der Waals surface area contributed by atoms with Gasteiger partial charge in [-0.2, -0.15) is 0 Å². The van der Waals surface area contributed by atoms with E-state index in [-0.39, 0.29) is 7.92 Å². The zero-order valence-electron chi connectivity index (χ0n) is 13.5. The first-order valence-electron chi connectivity index (χ1n) is 8.64. The molecule has 5 rings (SSSR count). The molecule has 3 aliphatic heterocycles. The molecular formula is C21H22NP. The molecule has 3 heterocycles. The Morgan fingerprint density at radius 3 is 2.26 bits per heavy atom. The van der Waals surface area contributed by atoms with Crippen molar-refractivity contribution in [3.8, 4) is 0 Å². The number of hydrogen-bond acceptors (Lipinski definition) is 1. The molecule has 0 saturated carbocycles. The fourth-order valence-corrected chi connectivity index (χ4v) is 8.99. The molecule has 2 aromatic carbocycles. The number of rotatable bonds is 2. The molecule has 0 aromatic heterocycles. The van der Waals surface area contributed by atoms with Crippen molar-refractivity contribution >= 4 is 18.9 Å². The Balaban J connectivity index is 1.46. The van der Waals surface area contributed by atoms with Gasteiger partial charge in [0.05, 0.1) is 0 Å². The van der Waals surface area contributed by atoms with Gasteiger partial charge in [0.25, 0.3) is 0 Å². The summed E-state index contributed by atoms with van der Waals surface area (Å²) in [5, 5.41) is 1.62. The lowest BCUT2D eigenvalue weighted by Gasteiger charge is -2.26. The third-order valence-electron chi connectivity index (χ3n) is 5.95. The highest BCUT2D eigenvalue weighted by Gasteiger charge is 2.57. The summed E-state index contributed by atoms with van der Waals surface area (Å²) < 4.78 is 0. The molecule has 2 heteroatoms. The highest BCUT2D eigenvalue weighted by molar-refractivity contribution is 7.68. The SMILES string of the molecule is CC1=C[C@@H]2[C@@H]3CN(c4ccccc4)C[C@@H]3[C@H]1P2c1ccccc1. The van der Waals surface area contributed by atoms with Gasteiger partial charge in [-0.15, -0.1) is 0 Å². The zero-order valence-corrected chi connectivity index (χ0v) is 14.4. The van der Waals surface area contributed by atoms with Gasteiger partial charge in [0.1, 0.15) is 0 Å². The molecule has 23 heavy (non-hydrogen) atoms. The van der Waals surface area contributed by atoms with E-state index in [0.717, 1.165) is 23.2 Å². The van der Waals surface area contributed by atoms with Crippen molar-refractivity contribution in [3.05, 3.63) is 72.3 Å². The molecule has 2 saturated heterocycles. The van der Waals surface area contributed by atoms with Crippen LogP contribution in [0.25, 0.3) is 0 Å². The number of anilines is 1. The van der Waals surface area contributed by atoms with Crippen LogP contribution >= 0.6 is 7.92 Å². The standard InChI is InChI=1S/C21H22NP/c1-15-12-20-18-13-22(16-8-4-2-5-9-16)14-19(18)21(15)23(20)17-10-6-3-7-11-17/h2-12,18-21H,13-14H2,1H3/t18-,19+,20-,21+,23?/m1/s1. The average Bonchev–Trinajstić information content (AvgIpc) is 3.24. The van der Waals surface area contributed by atoms with E-state index in [4.69, 9.17) is 0 Å². The molecule has 2 bridgehead atoms. The van der Waals surface area contributed by atoms with Crippen LogP contribution < -0.4 is 10.2 Å². The van der Waals surface area contributed by atoms with Gasteiger partial charge >= 0.3 is 0 Å². The van der Waals surface area contributed by atoms with Gasteiger partial charge in [0.2, 0.25) is 0 Å². The van der Waals surface area contributed by atoms with Gasteiger partial charge in [-0.25, -0.2) is 0 Å². The van der Waals surface area contributed by atoms with Crippen LogP contribution in [-0.2, 0) is 0 Å². The minimum absolute atomic E-state index is 0.0313. The smallest absolute Gasteiger partial charge is 0.0366 e. The van der Waals surface area contributed by atoms with E-state index in [0.29, 0.717) is 0 Å². The van der Waals surface area contributed by atoms with Gasteiger partial charge in [-0.3, -0.25) is 0 Å². The van der Waals surface area contributed by atoms with Gasteiger partial charge < -0.3 is 4.90 Å². The second kappa shape index (κ2) is 5.21. The summed E-state index contributed by atoms with van der Waals surface area (Å²) in [5.74, 6) is 1.71. The Kier molecular flexibility index (Phi) is 3.13. The third-order valence-corrected chi connectivity index (χ3v) is 9.41. The van der Waals surface area contributed by atoms with E-state index >= 15 is 0 Å². The summed E-state index contributed by atoms with van der Waals surface area (Å²) in [5.41, 5.74) is 4.69. The van der Waals surface area contributed by atoms with Crippen LogP contribution in [0.4, 0.5) is 5.69 Å². The van der Waals surface area contributed by atoms with E-state index in [2.05, 4.69) is 78.6 Å². The number of para-hydroxylation sites is 1. The largest absolute Gasteiger partial charge is 0.371 e.